The third-order valence-electron chi connectivity index (χ3n) is 1.43. The maximum Gasteiger partial charge on any atom is 0.187 e. The van der Waals surface area contributed by atoms with Gasteiger partial charge in [0.25, 0.3) is 0 Å². The van der Waals surface area contributed by atoms with Gasteiger partial charge in [0.1, 0.15) is 0 Å². The molecule has 0 amide bonds. The molecule has 2 nitrogen and oxygen atoms in total. The van der Waals surface area contributed by atoms with Gasteiger partial charge in [-0.25, -0.2) is 4.39 Å². The van der Waals surface area contributed by atoms with Gasteiger partial charge in [0.05, 0.1) is 12.8 Å². The Morgan fingerprint density at radius 1 is 1.45 bits per heavy atom. The lowest BCUT2D eigenvalue weighted by molar-refractivity contribution is 0.387. The molecule has 0 fully saturated rings. The highest BCUT2D eigenvalue weighted by Crippen LogP contribution is 2.23. The highest BCUT2D eigenvalue weighted by atomic mass is 19.1. The quantitative estimate of drug-likeness (QED) is 0.627. The summed E-state index contributed by atoms with van der Waals surface area (Å²) in [5.41, 5.74) is 6.36. The van der Waals surface area contributed by atoms with Crippen molar-refractivity contribution in [3.05, 3.63) is 23.5 Å². The SMILES string of the molecule is COc1cc(C)cc(N)c1F. The van der Waals surface area contributed by atoms with Crippen molar-refractivity contribution in [1.29, 1.82) is 0 Å². The van der Waals surface area contributed by atoms with E-state index in [1.54, 1.807) is 12.1 Å². The minimum Gasteiger partial charge on any atom is -0.494 e. The Kier molecular flexibility index (Phi) is 1.98. The lowest BCUT2D eigenvalue weighted by Gasteiger charge is -2.04. The summed E-state index contributed by atoms with van der Waals surface area (Å²) in [5.74, 6) is -0.291. The number of nitrogens with two attached hydrogens (primary N) is 1. The first kappa shape index (κ1) is 7.85. The van der Waals surface area contributed by atoms with Crippen LogP contribution in [-0.2, 0) is 0 Å². The molecule has 1 rings (SSSR count). The molecule has 0 bridgehead atoms. The van der Waals surface area contributed by atoms with Crippen molar-refractivity contribution in [2.45, 2.75) is 6.92 Å². The van der Waals surface area contributed by atoms with E-state index in [4.69, 9.17) is 10.5 Å². The van der Waals surface area contributed by atoms with Crippen molar-refractivity contribution in [2.24, 2.45) is 0 Å². The van der Waals surface area contributed by atoms with E-state index in [0.29, 0.717) is 0 Å². The van der Waals surface area contributed by atoms with Gasteiger partial charge in [0.15, 0.2) is 11.6 Å². The van der Waals surface area contributed by atoms with Gasteiger partial charge in [-0.05, 0) is 24.6 Å². The summed E-state index contributed by atoms with van der Waals surface area (Å²) in [6.45, 7) is 1.83. The molecule has 0 aromatic heterocycles. The summed E-state index contributed by atoms with van der Waals surface area (Å²) in [7, 11) is 1.41. The first-order chi connectivity index (χ1) is 5.15. The Labute approximate surface area is 64.8 Å². The molecule has 1 aromatic rings. The van der Waals surface area contributed by atoms with E-state index < -0.39 is 5.82 Å². The fraction of sp³-hybridized carbons (Fsp3) is 0.250. The molecule has 2 N–H and O–H groups in total. The molecule has 3 heteroatoms. The zero-order chi connectivity index (χ0) is 8.43. The Balaban J connectivity index is 3.24. The van der Waals surface area contributed by atoms with Gasteiger partial charge in [-0.1, -0.05) is 0 Å². The van der Waals surface area contributed by atoms with Crippen LogP contribution in [0.15, 0.2) is 12.1 Å². The second-order valence-corrected chi connectivity index (χ2v) is 2.37. The summed E-state index contributed by atoms with van der Waals surface area (Å²) in [6, 6.07) is 3.17. The second kappa shape index (κ2) is 2.78. The molecular weight excluding hydrogens is 145 g/mol. The number of ether oxygens (including phenoxy) is 1. The van der Waals surface area contributed by atoms with Gasteiger partial charge < -0.3 is 10.5 Å². The van der Waals surface area contributed by atoms with Crippen LogP contribution in [0.4, 0.5) is 10.1 Å². The van der Waals surface area contributed by atoms with Crippen LogP contribution >= 0.6 is 0 Å². The molecule has 0 spiro atoms. The van der Waals surface area contributed by atoms with Crippen LogP contribution in [-0.4, -0.2) is 7.11 Å². The lowest BCUT2D eigenvalue weighted by atomic mass is 10.2. The largest absolute Gasteiger partial charge is 0.494 e. The predicted molar refractivity (Wildman–Crippen MR) is 42.1 cm³/mol. The third kappa shape index (κ3) is 1.42. The molecule has 0 unspecified atom stereocenters. The molecule has 0 atom stereocenters. The molecule has 0 saturated heterocycles. The van der Waals surface area contributed by atoms with E-state index in [0.717, 1.165) is 5.56 Å². The monoisotopic (exact) mass is 155 g/mol. The standard InChI is InChI=1S/C8H10FNO/c1-5-3-6(10)8(9)7(4-5)11-2/h3-4H,10H2,1-2H3. The highest BCUT2D eigenvalue weighted by molar-refractivity contribution is 5.49. The smallest absolute Gasteiger partial charge is 0.187 e. The Morgan fingerprint density at radius 3 is 2.64 bits per heavy atom. The van der Waals surface area contributed by atoms with Gasteiger partial charge in [-0.15, -0.1) is 0 Å². The van der Waals surface area contributed by atoms with Crippen LogP contribution in [0.25, 0.3) is 0 Å². The highest BCUT2D eigenvalue weighted by Gasteiger charge is 2.05. The topological polar surface area (TPSA) is 35.2 Å². The van der Waals surface area contributed by atoms with Gasteiger partial charge in [0.2, 0.25) is 0 Å². The van der Waals surface area contributed by atoms with E-state index in [1.807, 2.05) is 6.92 Å². The molecule has 60 valence electrons. The number of nitrogen functional groups attached to an aromatic ring is 1. The number of aryl methyl sites for hydroxylation is 1. The first-order valence-corrected chi connectivity index (χ1v) is 3.24. The van der Waals surface area contributed by atoms with Crippen LogP contribution in [0.5, 0.6) is 5.75 Å². The van der Waals surface area contributed by atoms with E-state index in [1.165, 1.54) is 7.11 Å². The number of hydrogen-bond acceptors (Lipinski definition) is 2. The van der Waals surface area contributed by atoms with Gasteiger partial charge in [0, 0.05) is 0 Å². The van der Waals surface area contributed by atoms with Crippen molar-refractivity contribution >= 4 is 5.69 Å². The number of halogens is 1. The average molecular weight is 155 g/mol. The molecule has 0 aliphatic rings. The zero-order valence-corrected chi connectivity index (χ0v) is 6.52. The molecule has 0 saturated carbocycles. The Morgan fingerprint density at radius 2 is 2.09 bits per heavy atom. The molecule has 0 aliphatic carbocycles. The summed E-state index contributed by atoms with van der Waals surface area (Å²) in [4.78, 5) is 0. The molecule has 0 radical (unpaired) electrons. The lowest BCUT2D eigenvalue weighted by Crippen LogP contribution is -1.95. The van der Waals surface area contributed by atoms with Crippen LogP contribution in [0.1, 0.15) is 5.56 Å². The van der Waals surface area contributed by atoms with E-state index in [-0.39, 0.29) is 11.4 Å². The van der Waals surface area contributed by atoms with E-state index >= 15 is 0 Å². The van der Waals surface area contributed by atoms with Gasteiger partial charge >= 0.3 is 0 Å². The minimum absolute atomic E-state index is 0.127. The summed E-state index contributed by atoms with van der Waals surface area (Å²) < 4.78 is 17.7. The van der Waals surface area contributed by atoms with Crippen LogP contribution < -0.4 is 10.5 Å². The number of hydrogen-bond donors (Lipinski definition) is 1. The van der Waals surface area contributed by atoms with E-state index in [9.17, 15) is 4.39 Å². The number of methoxy groups -OCH3 is 1. The molecule has 0 aliphatic heterocycles. The number of rotatable bonds is 1. The fourth-order valence-corrected chi connectivity index (χ4v) is 0.911. The molecule has 1 aromatic carbocycles. The van der Waals surface area contributed by atoms with Crippen molar-refractivity contribution in [3.63, 3.8) is 0 Å². The van der Waals surface area contributed by atoms with Gasteiger partial charge in [-0.3, -0.25) is 0 Å². The third-order valence-corrected chi connectivity index (χ3v) is 1.43. The summed E-state index contributed by atoms with van der Waals surface area (Å²) in [5, 5.41) is 0. The molecule has 11 heavy (non-hydrogen) atoms. The number of anilines is 1. The van der Waals surface area contributed by atoms with Crippen LogP contribution in [0, 0.1) is 12.7 Å². The Bertz CT molecular complexity index is 273. The Hall–Kier alpha value is -1.25. The number of benzene rings is 1. The van der Waals surface area contributed by atoms with Crippen LogP contribution in [0.2, 0.25) is 0 Å². The maximum atomic E-state index is 12.9. The van der Waals surface area contributed by atoms with Gasteiger partial charge in [-0.2, -0.15) is 0 Å². The molecular formula is C8H10FNO. The molecule has 0 heterocycles. The zero-order valence-electron chi connectivity index (χ0n) is 6.52. The van der Waals surface area contributed by atoms with E-state index in [2.05, 4.69) is 0 Å². The van der Waals surface area contributed by atoms with Crippen molar-refractivity contribution in [1.82, 2.24) is 0 Å². The normalized spacial score (nSPS) is 9.73. The summed E-state index contributed by atoms with van der Waals surface area (Å²) in [6.07, 6.45) is 0. The first-order valence-electron chi connectivity index (χ1n) is 3.24. The van der Waals surface area contributed by atoms with Crippen molar-refractivity contribution in [2.75, 3.05) is 12.8 Å². The summed E-state index contributed by atoms with van der Waals surface area (Å²) >= 11 is 0. The second-order valence-electron chi connectivity index (χ2n) is 2.37. The van der Waals surface area contributed by atoms with Crippen molar-refractivity contribution < 1.29 is 9.13 Å². The predicted octanol–water partition coefficient (Wildman–Crippen LogP) is 1.72. The van der Waals surface area contributed by atoms with Crippen LogP contribution in [0.3, 0.4) is 0 Å². The average Bonchev–Trinajstić information content (AvgIpc) is 1.96. The minimum atomic E-state index is -0.488. The maximum absolute atomic E-state index is 12.9. The fourth-order valence-electron chi connectivity index (χ4n) is 0.911. The van der Waals surface area contributed by atoms with Crippen molar-refractivity contribution in [3.8, 4) is 5.75 Å².